The van der Waals surface area contributed by atoms with Gasteiger partial charge < -0.3 is 14.4 Å². The van der Waals surface area contributed by atoms with Gasteiger partial charge in [0.25, 0.3) is 0 Å². The monoisotopic (exact) mass is 334 g/mol. The number of rotatable bonds is 2. The molecule has 5 nitrogen and oxygen atoms in total. The number of hydrogen-bond donors (Lipinski definition) is 0. The van der Waals surface area contributed by atoms with E-state index in [9.17, 15) is 4.79 Å². The van der Waals surface area contributed by atoms with Crippen molar-refractivity contribution in [2.24, 2.45) is 5.41 Å². The highest BCUT2D eigenvalue weighted by atomic mass is 16.5. The number of aromatic nitrogens is 1. The minimum Gasteiger partial charge on any atom is -0.398 e. The Morgan fingerprint density at radius 2 is 2.00 bits per heavy atom. The van der Waals surface area contributed by atoms with Crippen molar-refractivity contribution in [3.63, 3.8) is 0 Å². The van der Waals surface area contributed by atoms with Crippen LogP contribution >= 0.6 is 0 Å². The molecule has 0 unspecified atom stereocenters. The van der Waals surface area contributed by atoms with Crippen molar-refractivity contribution in [3.8, 4) is 17.7 Å². The topological polar surface area (TPSA) is 51.7 Å². The van der Waals surface area contributed by atoms with Crippen LogP contribution in [0, 0.1) is 24.2 Å². The van der Waals surface area contributed by atoms with Crippen LogP contribution in [0.15, 0.2) is 42.5 Å². The standard InChI is InChI=1S/C20H18N2O3/c1-15-5-2-3-6-16(15)9-10-19(23)25-18-8-4-7-17(21-18)22-11-20(12-22)13-24-14-20/h2-8H,11-14H2,1H3. The number of carbonyl (C=O) groups excluding carboxylic acids is 1. The fourth-order valence-corrected chi connectivity index (χ4v) is 3.09. The normalized spacial score (nSPS) is 17.1. The summed E-state index contributed by atoms with van der Waals surface area (Å²) in [6.07, 6.45) is 0. The van der Waals surface area contributed by atoms with E-state index in [4.69, 9.17) is 9.47 Å². The van der Waals surface area contributed by atoms with E-state index < -0.39 is 5.97 Å². The highest BCUT2D eigenvalue weighted by molar-refractivity contribution is 5.90. The largest absolute Gasteiger partial charge is 0.398 e. The Morgan fingerprint density at radius 3 is 2.72 bits per heavy atom. The third-order valence-corrected chi connectivity index (χ3v) is 4.54. The maximum absolute atomic E-state index is 12.0. The predicted octanol–water partition coefficient (Wildman–Crippen LogP) is 2.18. The van der Waals surface area contributed by atoms with Gasteiger partial charge in [-0.3, -0.25) is 0 Å². The molecule has 2 aromatic rings. The molecule has 2 aliphatic rings. The molecule has 4 rings (SSSR count). The Balaban J connectivity index is 1.40. The van der Waals surface area contributed by atoms with E-state index in [1.54, 1.807) is 6.07 Å². The zero-order valence-electron chi connectivity index (χ0n) is 14.0. The number of benzene rings is 1. The number of nitrogens with zero attached hydrogens (tertiary/aromatic N) is 2. The van der Waals surface area contributed by atoms with E-state index in [1.165, 1.54) is 0 Å². The molecule has 2 fully saturated rings. The Bertz CT molecular complexity index is 870. The highest BCUT2D eigenvalue weighted by Gasteiger charge is 2.49. The van der Waals surface area contributed by atoms with Crippen molar-refractivity contribution in [3.05, 3.63) is 53.6 Å². The van der Waals surface area contributed by atoms with Gasteiger partial charge in [-0.25, -0.2) is 4.79 Å². The Labute approximate surface area is 146 Å². The van der Waals surface area contributed by atoms with Gasteiger partial charge in [-0.2, -0.15) is 4.98 Å². The number of carbonyl (C=O) groups is 1. The van der Waals surface area contributed by atoms with Crippen molar-refractivity contribution in [1.29, 1.82) is 0 Å². The van der Waals surface area contributed by atoms with Crippen LogP contribution in [0.5, 0.6) is 5.88 Å². The molecule has 126 valence electrons. The minimum atomic E-state index is -0.611. The lowest BCUT2D eigenvalue weighted by atomic mass is 9.78. The molecule has 0 atom stereocenters. The molecule has 0 saturated carbocycles. The lowest BCUT2D eigenvalue weighted by Gasteiger charge is -2.55. The summed E-state index contributed by atoms with van der Waals surface area (Å²) in [7, 11) is 0. The van der Waals surface area contributed by atoms with Crippen LogP contribution in [0.4, 0.5) is 5.82 Å². The molecule has 0 bridgehead atoms. The van der Waals surface area contributed by atoms with E-state index in [2.05, 4.69) is 21.7 Å². The lowest BCUT2D eigenvalue weighted by molar-refractivity contribution is -0.128. The van der Waals surface area contributed by atoms with E-state index in [1.807, 2.05) is 43.3 Å². The summed E-state index contributed by atoms with van der Waals surface area (Å²) in [5, 5.41) is 0. The number of esters is 1. The average Bonchev–Trinajstić information content (AvgIpc) is 2.52. The van der Waals surface area contributed by atoms with Gasteiger partial charge in [0.05, 0.1) is 18.6 Å². The first-order chi connectivity index (χ1) is 12.1. The summed E-state index contributed by atoms with van der Waals surface area (Å²) in [5.74, 6) is 5.83. The maximum Gasteiger partial charge on any atom is 0.391 e. The molecular weight excluding hydrogens is 316 g/mol. The van der Waals surface area contributed by atoms with Gasteiger partial charge in [0.1, 0.15) is 5.82 Å². The van der Waals surface area contributed by atoms with E-state index in [0.29, 0.717) is 5.41 Å². The van der Waals surface area contributed by atoms with Crippen LogP contribution in [0.2, 0.25) is 0 Å². The van der Waals surface area contributed by atoms with Gasteiger partial charge in [-0.1, -0.05) is 30.2 Å². The third-order valence-electron chi connectivity index (χ3n) is 4.54. The van der Waals surface area contributed by atoms with Gasteiger partial charge in [-0.15, -0.1) is 0 Å². The number of hydrogen-bond acceptors (Lipinski definition) is 5. The number of ether oxygens (including phenoxy) is 2. The minimum absolute atomic E-state index is 0.271. The molecule has 1 aromatic heterocycles. The van der Waals surface area contributed by atoms with Crippen LogP contribution in [0.1, 0.15) is 11.1 Å². The quantitative estimate of drug-likeness (QED) is 0.622. The van der Waals surface area contributed by atoms with Gasteiger partial charge in [-0.05, 0) is 24.6 Å². The molecule has 5 heteroatoms. The first-order valence-electron chi connectivity index (χ1n) is 8.23. The van der Waals surface area contributed by atoms with Crippen LogP contribution in [0.3, 0.4) is 0 Å². The maximum atomic E-state index is 12.0. The summed E-state index contributed by atoms with van der Waals surface area (Å²) in [6.45, 7) is 5.47. The van der Waals surface area contributed by atoms with Gasteiger partial charge in [0, 0.05) is 30.6 Å². The molecular formula is C20H18N2O3. The highest BCUT2D eigenvalue weighted by Crippen LogP contribution is 2.39. The molecule has 0 aliphatic carbocycles. The van der Waals surface area contributed by atoms with E-state index in [-0.39, 0.29) is 5.88 Å². The molecule has 3 heterocycles. The summed E-state index contributed by atoms with van der Waals surface area (Å²) in [6, 6.07) is 13.1. The third kappa shape index (κ3) is 3.21. The predicted molar refractivity (Wildman–Crippen MR) is 93.4 cm³/mol. The van der Waals surface area contributed by atoms with Crippen LogP contribution in [-0.2, 0) is 9.53 Å². The molecule has 25 heavy (non-hydrogen) atoms. The molecule has 2 aliphatic heterocycles. The van der Waals surface area contributed by atoms with Crippen molar-refractivity contribution in [2.75, 3.05) is 31.2 Å². The fourth-order valence-electron chi connectivity index (χ4n) is 3.09. The smallest absolute Gasteiger partial charge is 0.391 e. The second kappa shape index (κ2) is 6.23. The number of aryl methyl sites for hydroxylation is 1. The summed E-state index contributed by atoms with van der Waals surface area (Å²) in [5.41, 5.74) is 2.15. The molecule has 0 radical (unpaired) electrons. The van der Waals surface area contributed by atoms with Crippen LogP contribution in [-0.4, -0.2) is 37.3 Å². The van der Waals surface area contributed by atoms with Crippen molar-refractivity contribution >= 4 is 11.8 Å². The van der Waals surface area contributed by atoms with E-state index in [0.717, 1.165) is 43.2 Å². The van der Waals surface area contributed by atoms with Gasteiger partial charge in [0.15, 0.2) is 0 Å². The summed E-state index contributed by atoms with van der Waals surface area (Å²) < 4.78 is 10.5. The lowest BCUT2D eigenvalue weighted by Crippen LogP contribution is -2.66. The first kappa shape index (κ1) is 15.7. The second-order valence-corrected chi connectivity index (χ2v) is 6.64. The number of anilines is 1. The summed E-state index contributed by atoms with van der Waals surface area (Å²) in [4.78, 5) is 18.5. The molecule has 2 saturated heterocycles. The Hall–Kier alpha value is -2.84. The fraction of sp³-hybridized carbons (Fsp3) is 0.300. The van der Waals surface area contributed by atoms with Gasteiger partial charge in [0.2, 0.25) is 5.88 Å². The second-order valence-electron chi connectivity index (χ2n) is 6.64. The molecule has 1 aromatic carbocycles. The van der Waals surface area contributed by atoms with Crippen LogP contribution < -0.4 is 9.64 Å². The van der Waals surface area contributed by atoms with Crippen LogP contribution in [0.25, 0.3) is 0 Å². The molecule has 1 spiro atoms. The SMILES string of the molecule is Cc1ccccc1C#CC(=O)Oc1cccc(N2CC3(COC3)C2)n1. The van der Waals surface area contributed by atoms with Crippen molar-refractivity contribution in [2.45, 2.75) is 6.92 Å². The average molecular weight is 334 g/mol. The molecule has 0 N–H and O–H groups in total. The van der Waals surface area contributed by atoms with Crippen molar-refractivity contribution < 1.29 is 14.3 Å². The first-order valence-corrected chi connectivity index (χ1v) is 8.23. The zero-order chi connectivity index (χ0) is 17.3. The van der Waals surface area contributed by atoms with E-state index >= 15 is 0 Å². The summed E-state index contributed by atoms with van der Waals surface area (Å²) >= 11 is 0. The van der Waals surface area contributed by atoms with Gasteiger partial charge >= 0.3 is 5.97 Å². The molecule has 0 amide bonds. The Kier molecular flexibility index (Phi) is 3.90. The van der Waals surface area contributed by atoms with Crippen molar-refractivity contribution in [1.82, 2.24) is 4.98 Å². The Morgan fingerprint density at radius 1 is 1.20 bits per heavy atom. The number of pyridine rings is 1. The zero-order valence-corrected chi connectivity index (χ0v) is 14.0.